The van der Waals surface area contributed by atoms with Gasteiger partial charge in [0, 0.05) is 11.4 Å². The van der Waals surface area contributed by atoms with E-state index in [9.17, 15) is 5.11 Å². The van der Waals surface area contributed by atoms with Gasteiger partial charge in [0.15, 0.2) is 8.68 Å². The highest BCUT2D eigenvalue weighted by molar-refractivity contribution is 8.02. The number of nitrogens with two attached hydrogens (primary N) is 1. The number of aromatic nitrogens is 2. The van der Waals surface area contributed by atoms with Gasteiger partial charge in [0.05, 0.1) is 6.10 Å². The number of thioether (sulfide) groups is 2. The molecule has 0 aliphatic carbocycles. The maximum Gasteiger partial charge on any atom is 0.175 e. The minimum Gasteiger partial charge on any atom is -0.399 e. The van der Waals surface area contributed by atoms with E-state index in [2.05, 4.69) is 10.2 Å². The smallest absolute Gasteiger partial charge is 0.175 e. The normalized spacial score (nSPS) is 12.6. The second kappa shape index (κ2) is 6.42. The van der Waals surface area contributed by atoms with Crippen LogP contribution in [0.5, 0.6) is 0 Å². The first-order valence-electron chi connectivity index (χ1n) is 5.23. The Kier molecular flexibility index (Phi) is 4.87. The van der Waals surface area contributed by atoms with E-state index in [4.69, 9.17) is 5.73 Å². The Morgan fingerprint density at radius 3 is 2.83 bits per heavy atom. The molecule has 0 radical (unpaired) electrons. The molecule has 1 unspecified atom stereocenters. The molecule has 0 amide bonds. The Hall–Kier alpha value is -0.760. The van der Waals surface area contributed by atoms with Crippen molar-refractivity contribution in [3.63, 3.8) is 0 Å². The summed E-state index contributed by atoms with van der Waals surface area (Å²) in [4.78, 5) is 0. The van der Waals surface area contributed by atoms with Crippen LogP contribution in [0.4, 0.5) is 5.69 Å². The third-order valence-corrected chi connectivity index (χ3v) is 5.33. The van der Waals surface area contributed by atoms with Gasteiger partial charge < -0.3 is 10.8 Å². The summed E-state index contributed by atoms with van der Waals surface area (Å²) in [7, 11) is 0. The molecule has 0 aliphatic heterocycles. The fraction of sp³-hybridized carbons (Fsp3) is 0.273. The minimum absolute atomic E-state index is 0.542. The monoisotopic (exact) mass is 299 g/mol. The molecule has 3 N–H and O–H groups in total. The molecule has 2 aromatic rings. The van der Waals surface area contributed by atoms with Gasteiger partial charge in [-0.3, -0.25) is 0 Å². The van der Waals surface area contributed by atoms with Crippen molar-refractivity contribution < 1.29 is 5.11 Å². The fourth-order valence-electron chi connectivity index (χ4n) is 1.35. The van der Waals surface area contributed by atoms with Crippen molar-refractivity contribution in [2.75, 3.05) is 17.7 Å². The second-order valence-electron chi connectivity index (χ2n) is 3.53. The van der Waals surface area contributed by atoms with Crippen LogP contribution in [0.2, 0.25) is 0 Å². The van der Waals surface area contributed by atoms with E-state index in [-0.39, 0.29) is 0 Å². The van der Waals surface area contributed by atoms with Crippen LogP contribution >= 0.6 is 34.9 Å². The van der Waals surface area contributed by atoms with Crippen LogP contribution in [-0.4, -0.2) is 27.3 Å². The molecule has 96 valence electrons. The molecule has 0 saturated carbocycles. The highest BCUT2D eigenvalue weighted by Gasteiger charge is 2.11. The van der Waals surface area contributed by atoms with E-state index in [1.807, 2.05) is 18.4 Å². The average Bonchev–Trinajstić information content (AvgIpc) is 2.84. The predicted molar refractivity (Wildman–Crippen MR) is 78.2 cm³/mol. The third-order valence-electron chi connectivity index (χ3n) is 2.22. The summed E-state index contributed by atoms with van der Waals surface area (Å²) in [6, 6.07) is 7.31. The van der Waals surface area contributed by atoms with Crippen molar-refractivity contribution >= 4 is 40.5 Å². The fourth-order valence-corrected chi connectivity index (χ4v) is 3.78. The van der Waals surface area contributed by atoms with Crippen LogP contribution < -0.4 is 5.73 Å². The molecule has 1 atom stereocenters. The first-order valence-corrected chi connectivity index (χ1v) is 8.25. The van der Waals surface area contributed by atoms with Gasteiger partial charge in [-0.25, -0.2) is 0 Å². The number of hydrogen-bond donors (Lipinski definition) is 2. The van der Waals surface area contributed by atoms with Crippen molar-refractivity contribution in [2.45, 2.75) is 14.8 Å². The number of rotatable bonds is 5. The lowest BCUT2D eigenvalue weighted by Crippen LogP contribution is -2.01. The summed E-state index contributed by atoms with van der Waals surface area (Å²) >= 11 is 4.62. The van der Waals surface area contributed by atoms with Gasteiger partial charge in [-0.1, -0.05) is 47.0 Å². The van der Waals surface area contributed by atoms with Crippen LogP contribution in [-0.2, 0) is 0 Å². The summed E-state index contributed by atoms with van der Waals surface area (Å²) in [5.41, 5.74) is 7.18. The van der Waals surface area contributed by atoms with E-state index in [1.165, 1.54) is 11.8 Å². The molecule has 0 spiro atoms. The molecule has 18 heavy (non-hydrogen) atoms. The molecule has 0 bridgehead atoms. The maximum atomic E-state index is 10.0. The van der Waals surface area contributed by atoms with Crippen molar-refractivity contribution in [3.05, 3.63) is 29.8 Å². The lowest BCUT2D eigenvalue weighted by Gasteiger charge is -2.09. The predicted octanol–water partition coefficient (Wildman–Crippen LogP) is 2.67. The summed E-state index contributed by atoms with van der Waals surface area (Å²) in [6.07, 6.45) is 1.43. The Bertz CT molecular complexity index is 518. The highest BCUT2D eigenvalue weighted by Crippen LogP contribution is 2.30. The number of aliphatic hydroxyl groups is 1. The first kappa shape index (κ1) is 13.7. The number of hydrogen-bond acceptors (Lipinski definition) is 7. The first-order chi connectivity index (χ1) is 8.69. The summed E-state index contributed by atoms with van der Waals surface area (Å²) in [6.45, 7) is 0. The van der Waals surface area contributed by atoms with E-state index in [0.717, 1.165) is 14.2 Å². The van der Waals surface area contributed by atoms with Crippen molar-refractivity contribution in [1.82, 2.24) is 10.2 Å². The average molecular weight is 299 g/mol. The number of benzene rings is 1. The van der Waals surface area contributed by atoms with Gasteiger partial charge in [-0.15, -0.1) is 10.2 Å². The maximum absolute atomic E-state index is 10.0. The van der Waals surface area contributed by atoms with Gasteiger partial charge in [0.1, 0.15) is 0 Å². The van der Waals surface area contributed by atoms with Crippen LogP contribution in [0.3, 0.4) is 0 Å². The van der Waals surface area contributed by atoms with Crippen molar-refractivity contribution in [1.29, 1.82) is 0 Å². The number of aliphatic hydroxyl groups excluding tert-OH is 1. The van der Waals surface area contributed by atoms with Gasteiger partial charge in [0.25, 0.3) is 0 Å². The molecule has 1 aromatic carbocycles. The summed E-state index contributed by atoms with van der Waals surface area (Å²) in [5.74, 6) is 0.548. The van der Waals surface area contributed by atoms with Gasteiger partial charge >= 0.3 is 0 Å². The van der Waals surface area contributed by atoms with Crippen LogP contribution in [0, 0.1) is 0 Å². The SMILES string of the molecule is CSc1nnc(SCC(O)c2cccc(N)c2)s1. The largest absolute Gasteiger partial charge is 0.399 e. The summed E-state index contributed by atoms with van der Waals surface area (Å²) in [5, 5.41) is 18.1. The molecular weight excluding hydrogens is 286 g/mol. The lowest BCUT2D eigenvalue weighted by molar-refractivity contribution is 0.204. The standard InChI is InChI=1S/C11H13N3OS3/c1-16-10-13-14-11(18-10)17-6-9(15)7-3-2-4-8(12)5-7/h2-5,9,15H,6,12H2,1H3. The van der Waals surface area contributed by atoms with Crippen LogP contribution in [0.15, 0.2) is 32.9 Å². The molecule has 4 nitrogen and oxygen atoms in total. The van der Waals surface area contributed by atoms with Crippen LogP contribution in [0.1, 0.15) is 11.7 Å². The van der Waals surface area contributed by atoms with Crippen molar-refractivity contribution in [3.8, 4) is 0 Å². The Balaban J connectivity index is 1.93. The van der Waals surface area contributed by atoms with E-state index < -0.39 is 6.10 Å². The quantitative estimate of drug-likeness (QED) is 0.653. The Morgan fingerprint density at radius 2 is 2.17 bits per heavy atom. The third kappa shape index (κ3) is 3.61. The topological polar surface area (TPSA) is 72.0 Å². The van der Waals surface area contributed by atoms with E-state index >= 15 is 0 Å². The van der Waals surface area contributed by atoms with Gasteiger partial charge in [0.2, 0.25) is 0 Å². The van der Waals surface area contributed by atoms with Crippen LogP contribution in [0.25, 0.3) is 0 Å². The molecule has 7 heteroatoms. The van der Waals surface area contributed by atoms with E-state index in [0.29, 0.717) is 11.4 Å². The zero-order valence-corrected chi connectivity index (χ0v) is 12.2. The lowest BCUT2D eigenvalue weighted by atomic mass is 10.1. The molecule has 0 saturated heterocycles. The Labute approximate surface area is 118 Å². The molecule has 2 rings (SSSR count). The summed E-state index contributed by atoms with van der Waals surface area (Å²) < 4.78 is 1.82. The molecule has 1 aromatic heterocycles. The zero-order chi connectivity index (χ0) is 13.0. The zero-order valence-electron chi connectivity index (χ0n) is 9.74. The highest BCUT2D eigenvalue weighted by atomic mass is 32.2. The Morgan fingerprint density at radius 1 is 1.39 bits per heavy atom. The molecule has 1 heterocycles. The van der Waals surface area contributed by atoms with Gasteiger partial charge in [-0.2, -0.15) is 0 Å². The molecule has 0 aliphatic rings. The second-order valence-corrected chi connectivity index (χ2v) is 6.83. The van der Waals surface area contributed by atoms with Crippen molar-refractivity contribution in [2.24, 2.45) is 0 Å². The molecular formula is C11H13N3OS3. The molecule has 0 fully saturated rings. The van der Waals surface area contributed by atoms with Gasteiger partial charge in [-0.05, 0) is 24.0 Å². The number of nitrogen functional groups attached to an aromatic ring is 1. The van der Waals surface area contributed by atoms with E-state index in [1.54, 1.807) is 35.2 Å². The number of anilines is 1. The minimum atomic E-state index is -0.542. The number of nitrogens with zero attached hydrogens (tertiary/aromatic N) is 2.